The maximum atomic E-state index is 10.9. The molecule has 8 nitrogen and oxygen atoms in total. The lowest BCUT2D eigenvalue weighted by Crippen LogP contribution is -2.36. The highest BCUT2D eigenvalue weighted by molar-refractivity contribution is 5.77. The zero-order valence-electron chi connectivity index (χ0n) is 11.2. The quantitative estimate of drug-likeness (QED) is 0.729. The predicted octanol–water partition coefficient (Wildman–Crippen LogP) is -0.261. The number of amides is 1. The number of primary amides is 1. The molecule has 0 aliphatic carbocycles. The van der Waals surface area contributed by atoms with Gasteiger partial charge in [-0.2, -0.15) is 0 Å². The average Bonchev–Trinajstić information content (AvgIpc) is 2.62. The van der Waals surface area contributed by atoms with Crippen molar-refractivity contribution in [2.75, 3.05) is 13.1 Å². The topological polar surface area (TPSA) is 123 Å². The minimum Gasteiger partial charge on any atom is -0.480 e. The molecule has 1 heterocycles. The molecule has 0 aliphatic heterocycles. The number of carboxylic acids is 1. The van der Waals surface area contributed by atoms with E-state index in [9.17, 15) is 9.59 Å². The van der Waals surface area contributed by atoms with Crippen molar-refractivity contribution < 1.29 is 19.1 Å². The molecule has 1 rings (SSSR count). The van der Waals surface area contributed by atoms with Crippen LogP contribution in [0.15, 0.2) is 4.42 Å². The van der Waals surface area contributed by atoms with Gasteiger partial charge in [-0.05, 0) is 0 Å². The number of carbonyl (C=O) groups is 2. The van der Waals surface area contributed by atoms with Crippen molar-refractivity contribution in [3.63, 3.8) is 0 Å². The molecule has 8 heteroatoms. The van der Waals surface area contributed by atoms with Gasteiger partial charge in [0, 0.05) is 5.41 Å². The van der Waals surface area contributed by atoms with E-state index in [-0.39, 0.29) is 30.9 Å². The van der Waals surface area contributed by atoms with Crippen molar-refractivity contribution in [1.29, 1.82) is 0 Å². The van der Waals surface area contributed by atoms with E-state index in [4.69, 9.17) is 15.3 Å². The SMILES string of the molecule is CC(C)(C)c1nnc(CN(CC(N)=O)CC(=O)O)o1. The van der Waals surface area contributed by atoms with E-state index < -0.39 is 11.9 Å². The summed E-state index contributed by atoms with van der Waals surface area (Å²) >= 11 is 0. The molecule has 0 aromatic carbocycles. The van der Waals surface area contributed by atoms with E-state index in [1.807, 2.05) is 20.8 Å². The number of carboxylic acid groups (broad SMARTS) is 1. The molecule has 1 amide bonds. The summed E-state index contributed by atoms with van der Waals surface area (Å²) in [6, 6.07) is 0. The van der Waals surface area contributed by atoms with Gasteiger partial charge in [0.25, 0.3) is 0 Å². The van der Waals surface area contributed by atoms with Gasteiger partial charge < -0.3 is 15.3 Å². The number of hydrogen-bond donors (Lipinski definition) is 2. The van der Waals surface area contributed by atoms with Crippen LogP contribution in [0.3, 0.4) is 0 Å². The fourth-order valence-corrected chi connectivity index (χ4v) is 1.39. The summed E-state index contributed by atoms with van der Waals surface area (Å²) in [4.78, 5) is 22.9. The number of aliphatic carboxylic acids is 1. The molecule has 19 heavy (non-hydrogen) atoms. The van der Waals surface area contributed by atoms with Crippen LogP contribution >= 0.6 is 0 Å². The van der Waals surface area contributed by atoms with Gasteiger partial charge in [0.15, 0.2) is 0 Å². The molecule has 0 fully saturated rings. The fraction of sp³-hybridized carbons (Fsp3) is 0.636. The highest BCUT2D eigenvalue weighted by atomic mass is 16.4. The Labute approximate surface area is 110 Å². The van der Waals surface area contributed by atoms with Gasteiger partial charge in [0.2, 0.25) is 17.7 Å². The number of carbonyl (C=O) groups excluding carboxylic acids is 1. The molecule has 0 aliphatic rings. The lowest BCUT2D eigenvalue weighted by atomic mass is 9.97. The third kappa shape index (κ3) is 5.04. The summed E-state index contributed by atoms with van der Waals surface area (Å²) in [5, 5.41) is 16.5. The van der Waals surface area contributed by atoms with E-state index in [1.54, 1.807) is 0 Å². The minimum atomic E-state index is -1.06. The van der Waals surface area contributed by atoms with Crippen LogP contribution in [0, 0.1) is 0 Å². The highest BCUT2D eigenvalue weighted by Gasteiger charge is 2.23. The minimum absolute atomic E-state index is 0.0678. The monoisotopic (exact) mass is 270 g/mol. The van der Waals surface area contributed by atoms with Gasteiger partial charge in [0.1, 0.15) is 0 Å². The maximum Gasteiger partial charge on any atom is 0.317 e. The van der Waals surface area contributed by atoms with Crippen LogP contribution < -0.4 is 5.73 Å². The van der Waals surface area contributed by atoms with E-state index in [0.29, 0.717) is 5.89 Å². The first kappa shape index (κ1) is 15.1. The van der Waals surface area contributed by atoms with Crippen molar-refractivity contribution in [2.45, 2.75) is 32.7 Å². The molecule has 0 saturated carbocycles. The van der Waals surface area contributed by atoms with Crippen molar-refractivity contribution >= 4 is 11.9 Å². The predicted molar refractivity (Wildman–Crippen MR) is 65.1 cm³/mol. The summed E-state index contributed by atoms with van der Waals surface area (Å²) < 4.78 is 5.43. The number of rotatable bonds is 6. The van der Waals surface area contributed by atoms with Crippen LogP contribution in [0.25, 0.3) is 0 Å². The number of aromatic nitrogens is 2. The molecule has 0 saturated heterocycles. The van der Waals surface area contributed by atoms with Crippen LogP contribution in [0.5, 0.6) is 0 Å². The summed E-state index contributed by atoms with van der Waals surface area (Å²) in [6.07, 6.45) is 0. The van der Waals surface area contributed by atoms with Gasteiger partial charge >= 0.3 is 5.97 Å². The van der Waals surface area contributed by atoms with Crippen molar-refractivity contribution in [3.05, 3.63) is 11.8 Å². The van der Waals surface area contributed by atoms with Gasteiger partial charge in [-0.1, -0.05) is 20.8 Å². The first-order chi connectivity index (χ1) is 8.68. The van der Waals surface area contributed by atoms with Crippen molar-refractivity contribution in [3.8, 4) is 0 Å². The Morgan fingerprint density at radius 1 is 1.32 bits per heavy atom. The van der Waals surface area contributed by atoms with Gasteiger partial charge in [-0.25, -0.2) is 0 Å². The van der Waals surface area contributed by atoms with Crippen molar-refractivity contribution in [1.82, 2.24) is 15.1 Å². The molecular weight excluding hydrogens is 252 g/mol. The molecule has 1 aromatic rings. The lowest BCUT2D eigenvalue weighted by Gasteiger charge is -2.16. The van der Waals surface area contributed by atoms with Crippen molar-refractivity contribution in [2.24, 2.45) is 5.73 Å². The molecule has 0 radical (unpaired) electrons. The second-order valence-electron chi connectivity index (χ2n) is 5.26. The van der Waals surface area contributed by atoms with Crippen LogP contribution in [-0.2, 0) is 21.5 Å². The standard InChI is InChI=1S/C11H18N4O4/c1-11(2,3)10-14-13-8(19-10)5-15(4-7(12)16)6-9(17)18/h4-6H2,1-3H3,(H2,12,16)(H,17,18). The number of nitrogens with zero attached hydrogens (tertiary/aromatic N) is 3. The lowest BCUT2D eigenvalue weighted by molar-refractivity contribution is -0.138. The number of nitrogens with two attached hydrogens (primary N) is 1. The summed E-state index contributed by atoms with van der Waals surface area (Å²) in [5.41, 5.74) is 4.77. The van der Waals surface area contributed by atoms with E-state index in [1.165, 1.54) is 4.90 Å². The zero-order chi connectivity index (χ0) is 14.6. The first-order valence-electron chi connectivity index (χ1n) is 5.74. The summed E-state index contributed by atoms with van der Waals surface area (Å²) in [6.45, 7) is 5.32. The molecule has 0 unspecified atom stereocenters. The van der Waals surface area contributed by atoms with Gasteiger partial charge in [-0.3, -0.25) is 14.5 Å². The fourth-order valence-electron chi connectivity index (χ4n) is 1.39. The third-order valence-corrected chi connectivity index (χ3v) is 2.21. The van der Waals surface area contributed by atoms with E-state index >= 15 is 0 Å². The smallest absolute Gasteiger partial charge is 0.317 e. The Kier molecular flexibility index (Phi) is 4.60. The molecule has 0 spiro atoms. The van der Waals surface area contributed by atoms with E-state index in [0.717, 1.165) is 0 Å². The zero-order valence-corrected chi connectivity index (χ0v) is 11.2. The summed E-state index contributed by atoms with van der Waals surface area (Å²) in [7, 11) is 0. The molecular formula is C11H18N4O4. The average molecular weight is 270 g/mol. The first-order valence-corrected chi connectivity index (χ1v) is 5.74. The van der Waals surface area contributed by atoms with Crippen LogP contribution in [0.4, 0.5) is 0 Å². The molecule has 0 bridgehead atoms. The van der Waals surface area contributed by atoms with Crippen LogP contribution in [0.1, 0.15) is 32.6 Å². The third-order valence-electron chi connectivity index (χ3n) is 2.21. The van der Waals surface area contributed by atoms with Crippen LogP contribution in [0.2, 0.25) is 0 Å². The highest BCUT2D eigenvalue weighted by Crippen LogP contribution is 2.20. The Morgan fingerprint density at radius 2 is 1.95 bits per heavy atom. The Balaban J connectivity index is 2.75. The Morgan fingerprint density at radius 3 is 2.37 bits per heavy atom. The molecule has 3 N–H and O–H groups in total. The van der Waals surface area contributed by atoms with Gasteiger partial charge in [-0.15, -0.1) is 10.2 Å². The number of hydrogen-bond acceptors (Lipinski definition) is 6. The molecule has 0 atom stereocenters. The maximum absolute atomic E-state index is 10.9. The molecule has 106 valence electrons. The summed E-state index contributed by atoms with van der Waals surface area (Å²) in [5.74, 6) is -0.960. The molecule has 1 aromatic heterocycles. The second-order valence-corrected chi connectivity index (χ2v) is 5.26. The Bertz CT molecular complexity index is 448. The van der Waals surface area contributed by atoms with Crippen LogP contribution in [-0.4, -0.2) is 45.2 Å². The normalized spacial score (nSPS) is 11.8. The van der Waals surface area contributed by atoms with E-state index in [2.05, 4.69) is 10.2 Å². The second kappa shape index (κ2) is 5.79. The Hall–Kier alpha value is -1.96. The van der Waals surface area contributed by atoms with Gasteiger partial charge in [0.05, 0.1) is 19.6 Å². The largest absolute Gasteiger partial charge is 0.480 e.